The van der Waals surface area contributed by atoms with E-state index in [0.717, 1.165) is 5.56 Å². The van der Waals surface area contributed by atoms with E-state index in [-0.39, 0.29) is 17.7 Å². The van der Waals surface area contributed by atoms with Gasteiger partial charge in [-0.2, -0.15) is 0 Å². The molecule has 6 nitrogen and oxygen atoms in total. The van der Waals surface area contributed by atoms with E-state index in [1.54, 1.807) is 25.3 Å². The van der Waals surface area contributed by atoms with Crippen molar-refractivity contribution in [2.75, 3.05) is 19.5 Å². The van der Waals surface area contributed by atoms with Gasteiger partial charge >= 0.3 is 0 Å². The number of amides is 2. The van der Waals surface area contributed by atoms with Crippen molar-refractivity contribution < 1.29 is 19.1 Å². The van der Waals surface area contributed by atoms with Gasteiger partial charge in [0.1, 0.15) is 0 Å². The Morgan fingerprint density at radius 3 is 2.38 bits per heavy atom. The molecule has 0 saturated heterocycles. The van der Waals surface area contributed by atoms with Crippen LogP contribution in [0.4, 0.5) is 5.69 Å². The zero-order valence-corrected chi connectivity index (χ0v) is 15.5. The number of nitrogens with one attached hydrogen (secondary N) is 2. The Bertz CT molecular complexity index is 787. The number of ether oxygens (including phenoxy) is 2. The summed E-state index contributed by atoms with van der Waals surface area (Å²) in [6, 6.07) is 12.4. The van der Waals surface area contributed by atoms with Gasteiger partial charge < -0.3 is 20.1 Å². The first-order chi connectivity index (χ1) is 12.4. The number of benzene rings is 2. The number of hydrogen-bond donors (Lipinski definition) is 2. The van der Waals surface area contributed by atoms with Gasteiger partial charge in [-0.25, -0.2) is 0 Å². The van der Waals surface area contributed by atoms with Crippen molar-refractivity contribution in [3.8, 4) is 11.5 Å². The molecule has 0 aliphatic rings. The lowest BCUT2D eigenvalue weighted by Crippen LogP contribution is -2.23. The van der Waals surface area contributed by atoms with Gasteiger partial charge in [0, 0.05) is 23.7 Å². The van der Waals surface area contributed by atoms with E-state index in [1.165, 1.54) is 7.11 Å². The fourth-order valence-corrected chi connectivity index (χ4v) is 2.31. The summed E-state index contributed by atoms with van der Waals surface area (Å²) < 4.78 is 10.4. The van der Waals surface area contributed by atoms with Crippen LogP contribution < -0.4 is 20.1 Å². The van der Waals surface area contributed by atoms with Gasteiger partial charge in [0.15, 0.2) is 11.5 Å². The van der Waals surface area contributed by atoms with Crippen molar-refractivity contribution in [2.45, 2.75) is 20.4 Å². The number of methoxy groups -OCH3 is 2. The Labute approximate surface area is 153 Å². The fourth-order valence-electron chi connectivity index (χ4n) is 2.31. The van der Waals surface area contributed by atoms with E-state index in [1.807, 2.05) is 38.1 Å². The van der Waals surface area contributed by atoms with Gasteiger partial charge in [0.2, 0.25) is 5.91 Å². The minimum Gasteiger partial charge on any atom is -0.493 e. The molecule has 0 unspecified atom stereocenters. The summed E-state index contributed by atoms with van der Waals surface area (Å²) >= 11 is 0. The quantitative estimate of drug-likeness (QED) is 0.798. The number of rotatable bonds is 7. The van der Waals surface area contributed by atoms with Crippen molar-refractivity contribution in [1.29, 1.82) is 0 Å². The molecule has 0 aromatic heterocycles. The first-order valence-corrected chi connectivity index (χ1v) is 8.34. The standard InChI is InChI=1S/C20H24N2O4/c1-13(2)19(23)22-16-7-5-6-14(10-16)12-21-20(24)15-8-9-17(25-3)18(11-15)26-4/h5-11,13H,12H2,1-4H3,(H,21,24)(H,22,23). The molecule has 0 bridgehead atoms. The van der Waals surface area contributed by atoms with Crippen LogP contribution in [0.1, 0.15) is 29.8 Å². The van der Waals surface area contributed by atoms with Crippen molar-refractivity contribution in [3.05, 3.63) is 53.6 Å². The van der Waals surface area contributed by atoms with Gasteiger partial charge in [0.25, 0.3) is 5.91 Å². The van der Waals surface area contributed by atoms with E-state index >= 15 is 0 Å². The summed E-state index contributed by atoms with van der Waals surface area (Å²) in [6.45, 7) is 4.02. The van der Waals surface area contributed by atoms with Gasteiger partial charge in [-0.1, -0.05) is 26.0 Å². The molecular formula is C20H24N2O4. The van der Waals surface area contributed by atoms with Gasteiger partial charge in [-0.15, -0.1) is 0 Å². The van der Waals surface area contributed by atoms with Gasteiger partial charge in [-0.3, -0.25) is 9.59 Å². The maximum absolute atomic E-state index is 12.4. The van der Waals surface area contributed by atoms with Crippen LogP contribution in [0.3, 0.4) is 0 Å². The van der Waals surface area contributed by atoms with Crippen molar-refractivity contribution in [2.24, 2.45) is 5.92 Å². The molecule has 2 aromatic rings. The normalized spacial score (nSPS) is 10.3. The summed E-state index contributed by atoms with van der Waals surface area (Å²) in [7, 11) is 3.07. The molecule has 0 spiro atoms. The number of carbonyl (C=O) groups excluding carboxylic acids is 2. The fraction of sp³-hybridized carbons (Fsp3) is 0.300. The highest BCUT2D eigenvalue weighted by Crippen LogP contribution is 2.27. The molecule has 6 heteroatoms. The molecule has 0 fully saturated rings. The van der Waals surface area contributed by atoms with Gasteiger partial charge in [0.05, 0.1) is 14.2 Å². The lowest BCUT2D eigenvalue weighted by molar-refractivity contribution is -0.118. The van der Waals surface area contributed by atoms with E-state index in [9.17, 15) is 9.59 Å². The lowest BCUT2D eigenvalue weighted by Gasteiger charge is -2.11. The second-order valence-electron chi connectivity index (χ2n) is 6.10. The summed E-state index contributed by atoms with van der Waals surface area (Å²) in [5.74, 6) is 0.707. The summed E-state index contributed by atoms with van der Waals surface area (Å²) in [5.41, 5.74) is 2.08. The molecule has 2 rings (SSSR count). The summed E-state index contributed by atoms with van der Waals surface area (Å²) in [5, 5.41) is 5.71. The first-order valence-electron chi connectivity index (χ1n) is 8.34. The van der Waals surface area contributed by atoms with E-state index in [4.69, 9.17) is 9.47 Å². The Balaban J connectivity index is 2.02. The average molecular weight is 356 g/mol. The average Bonchev–Trinajstić information content (AvgIpc) is 2.65. The molecule has 0 heterocycles. The third-order valence-electron chi connectivity index (χ3n) is 3.82. The van der Waals surface area contributed by atoms with Crippen LogP contribution in [0.15, 0.2) is 42.5 Å². The van der Waals surface area contributed by atoms with Crippen LogP contribution in [0.2, 0.25) is 0 Å². The number of carbonyl (C=O) groups is 2. The molecule has 2 amide bonds. The maximum atomic E-state index is 12.4. The predicted octanol–water partition coefficient (Wildman–Crippen LogP) is 3.23. The molecule has 0 saturated carbocycles. The van der Waals surface area contributed by atoms with Crippen molar-refractivity contribution in [1.82, 2.24) is 5.32 Å². The minimum atomic E-state index is -0.220. The molecular weight excluding hydrogens is 332 g/mol. The molecule has 2 aromatic carbocycles. The van der Waals surface area contributed by atoms with Crippen LogP contribution >= 0.6 is 0 Å². The van der Waals surface area contributed by atoms with Crippen molar-refractivity contribution in [3.63, 3.8) is 0 Å². The third-order valence-corrected chi connectivity index (χ3v) is 3.82. The summed E-state index contributed by atoms with van der Waals surface area (Å²) in [4.78, 5) is 24.1. The molecule has 0 radical (unpaired) electrons. The van der Waals surface area contributed by atoms with Crippen LogP contribution in [0, 0.1) is 5.92 Å². The van der Waals surface area contributed by atoms with E-state index in [2.05, 4.69) is 10.6 Å². The second-order valence-corrected chi connectivity index (χ2v) is 6.10. The molecule has 0 aliphatic heterocycles. The van der Waals surface area contributed by atoms with Gasteiger partial charge in [-0.05, 0) is 35.9 Å². The Hall–Kier alpha value is -3.02. The topological polar surface area (TPSA) is 76.7 Å². The molecule has 2 N–H and O–H groups in total. The highest BCUT2D eigenvalue weighted by atomic mass is 16.5. The zero-order chi connectivity index (χ0) is 19.1. The monoisotopic (exact) mass is 356 g/mol. The highest BCUT2D eigenvalue weighted by molar-refractivity contribution is 5.95. The van der Waals surface area contributed by atoms with Crippen LogP contribution in [0.5, 0.6) is 11.5 Å². The largest absolute Gasteiger partial charge is 0.493 e. The van der Waals surface area contributed by atoms with Crippen LogP contribution in [-0.4, -0.2) is 26.0 Å². The van der Waals surface area contributed by atoms with E-state index < -0.39 is 0 Å². The predicted molar refractivity (Wildman–Crippen MR) is 101 cm³/mol. The molecule has 138 valence electrons. The van der Waals surface area contributed by atoms with E-state index in [0.29, 0.717) is 29.3 Å². The Morgan fingerprint density at radius 1 is 1.00 bits per heavy atom. The zero-order valence-electron chi connectivity index (χ0n) is 15.5. The van der Waals surface area contributed by atoms with Crippen LogP contribution in [0.25, 0.3) is 0 Å². The number of hydrogen-bond acceptors (Lipinski definition) is 4. The molecule has 0 atom stereocenters. The Kier molecular flexibility index (Phi) is 6.60. The smallest absolute Gasteiger partial charge is 0.251 e. The second kappa shape index (κ2) is 8.89. The highest BCUT2D eigenvalue weighted by Gasteiger charge is 2.11. The first kappa shape index (κ1) is 19.3. The van der Waals surface area contributed by atoms with Crippen molar-refractivity contribution >= 4 is 17.5 Å². The lowest BCUT2D eigenvalue weighted by atomic mass is 10.1. The number of anilines is 1. The Morgan fingerprint density at radius 2 is 1.73 bits per heavy atom. The molecule has 26 heavy (non-hydrogen) atoms. The maximum Gasteiger partial charge on any atom is 0.251 e. The minimum absolute atomic E-state index is 0.0449. The SMILES string of the molecule is COc1ccc(C(=O)NCc2cccc(NC(=O)C(C)C)c2)cc1OC. The molecule has 0 aliphatic carbocycles. The third kappa shape index (κ3) is 4.99. The van der Waals surface area contributed by atoms with Crippen LogP contribution in [-0.2, 0) is 11.3 Å². The summed E-state index contributed by atoms with van der Waals surface area (Å²) in [6.07, 6.45) is 0.